The second kappa shape index (κ2) is 2.77. The maximum absolute atomic E-state index is 10.8. The summed E-state index contributed by atoms with van der Waals surface area (Å²) in [6.45, 7) is 2.10. The molecule has 0 aliphatic heterocycles. The number of furan rings is 1. The van der Waals surface area contributed by atoms with Crippen molar-refractivity contribution in [3.05, 3.63) is 23.7 Å². The highest BCUT2D eigenvalue weighted by Gasteiger charge is 2.28. The molecule has 0 N–H and O–H groups in total. The normalized spacial score (nSPS) is 28.1. The van der Waals surface area contributed by atoms with Crippen LogP contribution in [0.1, 0.15) is 30.6 Å². The molecule has 12 heavy (non-hydrogen) atoms. The lowest BCUT2D eigenvalue weighted by Gasteiger charge is -2.22. The molecule has 1 heterocycles. The summed E-state index contributed by atoms with van der Waals surface area (Å²) in [5.74, 6) is 1.31. The lowest BCUT2D eigenvalue weighted by molar-refractivity contribution is -0.110. The number of hydrogen-bond acceptors (Lipinski definition) is 2. The highest BCUT2D eigenvalue weighted by Crippen LogP contribution is 2.34. The maximum Gasteiger partial charge on any atom is 0.130 e. The average Bonchev–Trinajstić information content (AvgIpc) is 2.52. The molecule has 1 aliphatic rings. The quantitative estimate of drug-likeness (QED) is 0.595. The number of carbonyl (C=O) groups is 1. The Hall–Kier alpha value is -1.05. The first kappa shape index (κ1) is 7.59. The smallest absolute Gasteiger partial charge is 0.130 e. The Bertz CT molecular complexity index is 288. The maximum atomic E-state index is 10.8. The summed E-state index contributed by atoms with van der Waals surface area (Å²) in [5.41, 5.74) is 1.21. The van der Waals surface area contributed by atoms with Gasteiger partial charge in [-0.05, 0) is 30.4 Å². The molecule has 2 heteroatoms. The number of rotatable bonds is 1. The lowest BCUT2D eigenvalue weighted by atomic mass is 9.81. The van der Waals surface area contributed by atoms with Gasteiger partial charge >= 0.3 is 0 Å². The van der Waals surface area contributed by atoms with Crippen LogP contribution in [-0.2, 0) is 11.2 Å². The van der Waals surface area contributed by atoms with Crippen LogP contribution >= 0.6 is 0 Å². The van der Waals surface area contributed by atoms with E-state index in [9.17, 15) is 4.79 Å². The third kappa shape index (κ3) is 0.986. The van der Waals surface area contributed by atoms with Crippen molar-refractivity contribution < 1.29 is 9.21 Å². The van der Waals surface area contributed by atoms with E-state index in [1.807, 2.05) is 6.07 Å². The third-order valence-corrected chi connectivity index (χ3v) is 2.71. The first-order valence-electron chi connectivity index (χ1n) is 4.34. The van der Waals surface area contributed by atoms with Crippen LogP contribution in [0, 0.1) is 5.92 Å². The van der Waals surface area contributed by atoms with Crippen molar-refractivity contribution in [2.24, 2.45) is 5.92 Å². The fraction of sp³-hybridized carbons (Fsp3) is 0.500. The van der Waals surface area contributed by atoms with Crippen LogP contribution in [0.4, 0.5) is 0 Å². The molecule has 1 aromatic rings. The van der Waals surface area contributed by atoms with Gasteiger partial charge in [0.05, 0.1) is 12.2 Å². The molecule has 0 saturated carbocycles. The molecule has 0 spiro atoms. The van der Waals surface area contributed by atoms with Crippen LogP contribution in [0.25, 0.3) is 0 Å². The molecule has 0 saturated heterocycles. The number of aryl methyl sites for hydroxylation is 1. The van der Waals surface area contributed by atoms with E-state index in [4.69, 9.17) is 4.42 Å². The Morgan fingerprint density at radius 1 is 1.67 bits per heavy atom. The van der Waals surface area contributed by atoms with Gasteiger partial charge in [0, 0.05) is 0 Å². The molecule has 2 rings (SSSR count). The van der Waals surface area contributed by atoms with E-state index in [-0.39, 0.29) is 5.92 Å². The van der Waals surface area contributed by atoms with Gasteiger partial charge in [0.15, 0.2) is 0 Å². The van der Waals surface area contributed by atoms with E-state index in [2.05, 4.69) is 6.92 Å². The van der Waals surface area contributed by atoms with E-state index < -0.39 is 0 Å². The topological polar surface area (TPSA) is 30.2 Å². The van der Waals surface area contributed by atoms with Crippen molar-refractivity contribution in [3.63, 3.8) is 0 Å². The van der Waals surface area contributed by atoms with Gasteiger partial charge in [-0.1, -0.05) is 6.92 Å². The molecule has 0 amide bonds. The lowest BCUT2D eigenvalue weighted by Crippen LogP contribution is -2.17. The van der Waals surface area contributed by atoms with Gasteiger partial charge in [0.2, 0.25) is 0 Å². The molecule has 0 radical (unpaired) electrons. The van der Waals surface area contributed by atoms with Gasteiger partial charge in [0.1, 0.15) is 12.0 Å². The minimum atomic E-state index is -0.0104. The summed E-state index contributed by atoms with van der Waals surface area (Å²) in [6, 6.07) is 1.97. The minimum Gasteiger partial charge on any atom is -0.468 e. The molecular formula is C10H12O2. The molecule has 64 valence electrons. The molecule has 0 aromatic carbocycles. The van der Waals surface area contributed by atoms with Crippen molar-refractivity contribution in [1.29, 1.82) is 0 Å². The summed E-state index contributed by atoms with van der Waals surface area (Å²) in [6.07, 6.45) is 4.83. The highest BCUT2D eigenvalue weighted by atomic mass is 16.3. The first-order chi connectivity index (χ1) is 5.83. The fourth-order valence-corrected chi connectivity index (χ4v) is 1.86. The van der Waals surface area contributed by atoms with Crippen molar-refractivity contribution in [2.45, 2.75) is 25.7 Å². The summed E-state index contributed by atoms with van der Waals surface area (Å²) in [5, 5.41) is 0. The molecule has 0 bridgehead atoms. The summed E-state index contributed by atoms with van der Waals surface area (Å²) < 4.78 is 5.30. The third-order valence-electron chi connectivity index (χ3n) is 2.71. The van der Waals surface area contributed by atoms with Gasteiger partial charge in [-0.25, -0.2) is 0 Å². The van der Waals surface area contributed by atoms with Gasteiger partial charge in [0.25, 0.3) is 0 Å². The van der Waals surface area contributed by atoms with Crippen molar-refractivity contribution in [1.82, 2.24) is 0 Å². The fourth-order valence-electron chi connectivity index (χ4n) is 1.86. The summed E-state index contributed by atoms with van der Waals surface area (Å²) in [4.78, 5) is 10.8. The van der Waals surface area contributed by atoms with Crippen LogP contribution in [-0.4, -0.2) is 6.29 Å². The van der Waals surface area contributed by atoms with Gasteiger partial charge in [-0.3, -0.25) is 0 Å². The second-order valence-corrected chi connectivity index (χ2v) is 3.49. The predicted molar refractivity (Wildman–Crippen MR) is 45.0 cm³/mol. The molecule has 0 unspecified atom stereocenters. The number of fused-ring (bicyclic) bond motifs is 1. The average molecular weight is 164 g/mol. The zero-order valence-electron chi connectivity index (χ0n) is 7.12. The molecular weight excluding hydrogens is 152 g/mol. The van der Waals surface area contributed by atoms with Crippen LogP contribution in [0.5, 0.6) is 0 Å². The van der Waals surface area contributed by atoms with E-state index in [1.54, 1.807) is 6.26 Å². The monoisotopic (exact) mass is 164 g/mol. The molecule has 1 aliphatic carbocycles. The zero-order chi connectivity index (χ0) is 8.55. The molecule has 1 aromatic heterocycles. The van der Waals surface area contributed by atoms with Crippen molar-refractivity contribution in [3.8, 4) is 0 Å². The van der Waals surface area contributed by atoms with Crippen LogP contribution in [0.15, 0.2) is 16.7 Å². The molecule has 2 atom stereocenters. The largest absolute Gasteiger partial charge is 0.468 e. The van der Waals surface area contributed by atoms with Crippen LogP contribution in [0.2, 0.25) is 0 Å². The SMILES string of the molecule is C[C@@H]1CCc2ccoc2[C@H]1C=O. The first-order valence-corrected chi connectivity index (χ1v) is 4.34. The standard InChI is InChI=1S/C10H12O2/c1-7-2-3-8-4-5-12-10(8)9(7)6-11/h4-7,9H,2-3H2,1H3/t7-,9+/m1/s1. The van der Waals surface area contributed by atoms with Crippen LogP contribution in [0.3, 0.4) is 0 Å². The number of hydrogen-bond donors (Lipinski definition) is 0. The van der Waals surface area contributed by atoms with Crippen LogP contribution < -0.4 is 0 Å². The number of carbonyl (C=O) groups excluding carboxylic acids is 1. The number of aldehydes is 1. The van der Waals surface area contributed by atoms with Crippen molar-refractivity contribution >= 4 is 6.29 Å². The summed E-state index contributed by atoms with van der Waals surface area (Å²) >= 11 is 0. The van der Waals surface area contributed by atoms with E-state index in [0.29, 0.717) is 5.92 Å². The second-order valence-electron chi connectivity index (χ2n) is 3.49. The predicted octanol–water partition coefficient (Wildman–Crippen LogP) is 2.14. The van der Waals surface area contributed by atoms with Gasteiger partial charge in [-0.2, -0.15) is 0 Å². The Kier molecular flexibility index (Phi) is 1.75. The molecule has 2 nitrogen and oxygen atoms in total. The Labute approximate surface area is 71.6 Å². The Balaban J connectivity index is 2.40. The summed E-state index contributed by atoms with van der Waals surface area (Å²) in [7, 11) is 0. The van der Waals surface area contributed by atoms with Crippen molar-refractivity contribution in [2.75, 3.05) is 0 Å². The molecule has 0 fully saturated rings. The van der Waals surface area contributed by atoms with Gasteiger partial charge in [-0.15, -0.1) is 0 Å². The Morgan fingerprint density at radius 2 is 2.50 bits per heavy atom. The Morgan fingerprint density at radius 3 is 3.25 bits per heavy atom. The van der Waals surface area contributed by atoms with E-state index >= 15 is 0 Å². The van der Waals surface area contributed by atoms with E-state index in [1.165, 1.54) is 5.56 Å². The minimum absolute atomic E-state index is 0.0104. The van der Waals surface area contributed by atoms with Gasteiger partial charge < -0.3 is 9.21 Å². The zero-order valence-corrected chi connectivity index (χ0v) is 7.12. The van der Waals surface area contributed by atoms with E-state index in [0.717, 1.165) is 24.9 Å². The highest BCUT2D eigenvalue weighted by molar-refractivity contribution is 5.62.